The normalized spacial score (nSPS) is 20.5. The van der Waals surface area contributed by atoms with Gasteiger partial charge in [0.05, 0.1) is 5.41 Å². The summed E-state index contributed by atoms with van der Waals surface area (Å²) in [5.41, 5.74) is 0.194. The van der Waals surface area contributed by atoms with Gasteiger partial charge in [0.15, 0.2) is 0 Å². The molecule has 0 saturated carbocycles. The van der Waals surface area contributed by atoms with Gasteiger partial charge in [-0.05, 0) is 50.7 Å². The number of carbonyl (C=O) groups is 2. The Morgan fingerprint density at radius 3 is 2.50 bits per heavy atom. The summed E-state index contributed by atoms with van der Waals surface area (Å²) in [6.07, 6.45) is 2.88. The molecule has 1 unspecified atom stereocenters. The summed E-state index contributed by atoms with van der Waals surface area (Å²) in [5, 5.41) is 18.8. The molecule has 0 fully saturated rings. The summed E-state index contributed by atoms with van der Waals surface area (Å²) in [5.74, 6) is -2.61. The van der Waals surface area contributed by atoms with Gasteiger partial charge in [-0.15, -0.1) is 0 Å². The van der Waals surface area contributed by atoms with Crippen molar-refractivity contribution >= 4 is 17.5 Å². The van der Waals surface area contributed by atoms with Crippen LogP contribution in [0.3, 0.4) is 0 Å². The minimum absolute atomic E-state index is 0.0183. The monoisotopic (exact) mass is 333 g/mol. The van der Waals surface area contributed by atoms with Crippen molar-refractivity contribution in [3.63, 3.8) is 0 Å². The van der Waals surface area contributed by atoms with Crippen LogP contribution < -0.4 is 0 Å². The number of halogens is 1. The summed E-state index contributed by atoms with van der Waals surface area (Å²) < 4.78 is 13.9. The number of hydrogen-bond acceptors (Lipinski definition) is 3. The molecule has 0 bridgehead atoms. The molecular weight excluding hydrogens is 313 g/mol. The van der Waals surface area contributed by atoms with Crippen molar-refractivity contribution in [1.82, 2.24) is 4.90 Å². The van der Waals surface area contributed by atoms with Crippen LogP contribution >= 0.6 is 0 Å². The molecular formula is C18H20FNO4. The fourth-order valence-corrected chi connectivity index (χ4v) is 2.70. The van der Waals surface area contributed by atoms with Crippen molar-refractivity contribution in [1.29, 1.82) is 0 Å². The lowest BCUT2D eigenvalue weighted by atomic mass is 9.76. The van der Waals surface area contributed by atoms with E-state index >= 15 is 0 Å². The summed E-state index contributed by atoms with van der Waals surface area (Å²) >= 11 is 0. The molecule has 2 rings (SSSR count). The van der Waals surface area contributed by atoms with Crippen molar-refractivity contribution in [2.24, 2.45) is 5.41 Å². The number of nitrogens with zero attached hydrogens (tertiary/aromatic N) is 1. The molecule has 1 aliphatic carbocycles. The van der Waals surface area contributed by atoms with E-state index in [-0.39, 0.29) is 17.8 Å². The highest BCUT2D eigenvalue weighted by Crippen LogP contribution is 2.38. The Morgan fingerprint density at radius 1 is 1.29 bits per heavy atom. The lowest BCUT2D eigenvalue weighted by Gasteiger charge is -2.26. The van der Waals surface area contributed by atoms with Crippen LogP contribution in [0.1, 0.15) is 24.5 Å². The smallest absolute Gasteiger partial charge is 0.332 e. The van der Waals surface area contributed by atoms with Crippen LogP contribution in [0.15, 0.2) is 35.9 Å². The van der Waals surface area contributed by atoms with Crippen LogP contribution in [0.4, 0.5) is 4.39 Å². The highest BCUT2D eigenvalue weighted by atomic mass is 19.1. The molecule has 0 spiro atoms. The number of carboxylic acids is 2. The number of benzene rings is 1. The van der Waals surface area contributed by atoms with Gasteiger partial charge < -0.3 is 15.1 Å². The molecule has 0 amide bonds. The lowest BCUT2D eigenvalue weighted by molar-refractivity contribution is -0.145. The van der Waals surface area contributed by atoms with Crippen LogP contribution in [0, 0.1) is 11.2 Å². The van der Waals surface area contributed by atoms with Crippen molar-refractivity contribution in [3.8, 4) is 0 Å². The molecule has 1 atom stereocenters. The zero-order valence-corrected chi connectivity index (χ0v) is 13.8. The first kappa shape index (κ1) is 17.9. The average molecular weight is 333 g/mol. The molecule has 6 heteroatoms. The molecule has 0 radical (unpaired) electrons. The summed E-state index contributed by atoms with van der Waals surface area (Å²) in [6, 6.07) is 4.43. The molecule has 1 aromatic rings. The molecule has 0 heterocycles. The molecule has 0 aliphatic heterocycles. The number of allylic oxidation sites excluding steroid dienone is 2. The summed E-state index contributed by atoms with van der Waals surface area (Å²) in [4.78, 5) is 24.8. The Morgan fingerprint density at radius 2 is 1.96 bits per heavy atom. The van der Waals surface area contributed by atoms with Crippen LogP contribution in [-0.4, -0.2) is 41.1 Å². The van der Waals surface area contributed by atoms with E-state index in [1.807, 2.05) is 19.0 Å². The first-order chi connectivity index (χ1) is 11.1. The van der Waals surface area contributed by atoms with Crippen LogP contribution in [-0.2, 0) is 16.1 Å². The van der Waals surface area contributed by atoms with E-state index < -0.39 is 17.4 Å². The minimum Gasteiger partial charge on any atom is -0.481 e. The quantitative estimate of drug-likeness (QED) is 0.866. The van der Waals surface area contributed by atoms with Crippen LogP contribution in [0.25, 0.3) is 5.57 Å². The molecule has 5 nitrogen and oxygen atoms in total. The van der Waals surface area contributed by atoms with E-state index in [0.717, 1.165) is 0 Å². The zero-order chi connectivity index (χ0) is 18.1. The van der Waals surface area contributed by atoms with Gasteiger partial charge in [0.2, 0.25) is 0 Å². The van der Waals surface area contributed by atoms with Gasteiger partial charge in [0, 0.05) is 17.7 Å². The number of carboxylic acid groups (broad SMARTS) is 2. The van der Waals surface area contributed by atoms with Gasteiger partial charge in [-0.25, -0.2) is 9.18 Å². The second-order valence-corrected chi connectivity index (χ2v) is 6.47. The maximum absolute atomic E-state index is 13.9. The molecule has 1 aromatic carbocycles. The van der Waals surface area contributed by atoms with Gasteiger partial charge >= 0.3 is 11.9 Å². The topological polar surface area (TPSA) is 77.8 Å². The first-order valence-electron chi connectivity index (χ1n) is 7.46. The second kappa shape index (κ2) is 6.57. The van der Waals surface area contributed by atoms with E-state index in [1.54, 1.807) is 6.07 Å². The van der Waals surface area contributed by atoms with Crippen molar-refractivity contribution < 1.29 is 24.2 Å². The highest BCUT2D eigenvalue weighted by molar-refractivity contribution is 6.01. The van der Waals surface area contributed by atoms with Crippen molar-refractivity contribution in [2.75, 3.05) is 14.1 Å². The SMILES string of the molecule is CN(C)Cc1cc(C2=C(C(=O)O)CC(C)(C(=O)O)C=C2)ccc1F. The van der Waals surface area contributed by atoms with Gasteiger partial charge in [-0.2, -0.15) is 0 Å². The number of aliphatic carboxylic acids is 2. The second-order valence-electron chi connectivity index (χ2n) is 6.47. The Balaban J connectivity index is 2.52. The van der Waals surface area contributed by atoms with Crippen LogP contribution in [0.5, 0.6) is 0 Å². The van der Waals surface area contributed by atoms with E-state index in [0.29, 0.717) is 23.2 Å². The summed E-state index contributed by atoms with van der Waals surface area (Å²) in [6.45, 7) is 1.86. The van der Waals surface area contributed by atoms with Crippen molar-refractivity contribution in [2.45, 2.75) is 19.9 Å². The predicted octanol–water partition coefficient (Wildman–Crippen LogP) is 2.78. The fraction of sp³-hybridized carbons (Fsp3) is 0.333. The van der Waals surface area contributed by atoms with E-state index in [9.17, 15) is 24.2 Å². The maximum Gasteiger partial charge on any atom is 0.332 e. The standard InChI is InChI=1S/C18H20FNO4/c1-18(17(23)24)7-6-13(14(9-18)16(21)22)11-4-5-15(19)12(8-11)10-20(2)3/h4-8H,9-10H2,1-3H3,(H,21,22)(H,23,24). The molecule has 1 aliphatic rings. The Bertz CT molecular complexity index is 751. The molecule has 0 aromatic heterocycles. The minimum atomic E-state index is -1.26. The molecule has 0 saturated heterocycles. The van der Waals surface area contributed by atoms with E-state index in [2.05, 4.69) is 0 Å². The number of hydrogen-bond donors (Lipinski definition) is 2. The number of rotatable bonds is 5. The highest BCUT2D eigenvalue weighted by Gasteiger charge is 2.37. The van der Waals surface area contributed by atoms with Gasteiger partial charge in [0.1, 0.15) is 5.82 Å². The molecule has 24 heavy (non-hydrogen) atoms. The predicted molar refractivity (Wildman–Crippen MR) is 87.8 cm³/mol. The third kappa shape index (κ3) is 3.54. The maximum atomic E-state index is 13.9. The first-order valence-corrected chi connectivity index (χ1v) is 7.46. The largest absolute Gasteiger partial charge is 0.481 e. The van der Waals surface area contributed by atoms with Crippen molar-refractivity contribution in [3.05, 3.63) is 52.9 Å². The Hall–Kier alpha value is -2.47. The third-order valence-electron chi connectivity index (χ3n) is 4.08. The summed E-state index contributed by atoms with van der Waals surface area (Å²) in [7, 11) is 3.62. The Kier molecular flexibility index (Phi) is 4.89. The Labute approximate surface area is 139 Å². The van der Waals surface area contributed by atoms with E-state index in [1.165, 1.54) is 31.2 Å². The fourth-order valence-electron chi connectivity index (χ4n) is 2.70. The van der Waals surface area contributed by atoms with Crippen LogP contribution in [0.2, 0.25) is 0 Å². The lowest BCUT2D eigenvalue weighted by Crippen LogP contribution is -2.29. The van der Waals surface area contributed by atoms with E-state index in [4.69, 9.17) is 0 Å². The van der Waals surface area contributed by atoms with Gasteiger partial charge in [-0.1, -0.05) is 18.2 Å². The average Bonchev–Trinajstić information content (AvgIpc) is 2.49. The molecule has 128 valence electrons. The van der Waals surface area contributed by atoms with Gasteiger partial charge in [-0.3, -0.25) is 4.79 Å². The third-order valence-corrected chi connectivity index (χ3v) is 4.08. The van der Waals surface area contributed by atoms with Gasteiger partial charge in [0.25, 0.3) is 0 Å². The molecule has 2 N–H and O–H groups in total. The zero-order valence-electron chi connectivity index (χ0n) is 13.8.